The van der Waals surface area contributed by atoms with Crippen molar-refractivity contribution in [1.82, 2.24) is 20.1 Å². The molecule has 0 spiro atoms. The van der Waals surface area contributed by atoms with Crippen molar-refractivity contribution in [2.24, 2.45) is 0 Å². The molecule has 2 saturated heterocycles. The zero-order chi connectivity index (χ0) is 25.8. The molecule has 1 aromatic carbocycles. The third kappa shape index (κ3) is 5.65. The van der Waals surface area contributed by atoms with Crippen LogP contribution in [0.3, 0.4) is 0 Å². The largest absolute Gasteiger partial charge is 0.353 e. The molecule has 3 aliphatic rings. The molecule has 1 aromatic heterocycles. The van der Waals surface area contributed by atoms with Gasteiger partial charge in [-0.25, -0.2) is 4.98 Å². The van der Waals surface area contributed by atoms with Gasteiger partial charge >= 0.3 is 0 Å². The molecule has 3 aliphatic heterocycles. The Balaban J connectivity index is 1.03. The lowest BCUT2D eigenvalue weighted by Crippen LogP contribution is -2.52. The highest BCUT2D eigenvalue weighted by Gasteiger charge is 2.39. The van der Waals surface area contributed by atoms with Crippen molar-refractivity contribution in [2.75, 3.05) is 31.1 Å². The molecule has 4 amide bonds. The molecule has 1 unspecified atom stereocenters. The van der Waals surface area contributed by atoms with Crippen LogP contribution in [0.5, 0.6) is 0 Å². The topological polar surface area (TPSA) is 103 Å². The van der Waals surface area contributed by atoms with E-state index in [1.807, 2.05) is 41.3 Å². The van der Waals surface area contributed by atoms with Crippen molar-refractivity contribution < 1.29 is 19.2 Å². The molecule has 2 aromatic rings. The standard InChI is InChI=1S/C28H33N5O4/c34-25-12-11-23(27(36)30-25)33-19-21-10-9-20(18-22(21)28(33)37)6-2-1-3-8-26(35)32-16-14-31(15-17-32)24-7-4-5-13-29-24/h4-5,7,9-10,13,18,23H,1-3,6,8,11-12,14-17,19H2,(H,30,34,36). The molecule has 0 aliphatic carbocycles. The number of amides is 4. The summed E-state index contributed by atoms with van der Waals surface area (Å²) in [6, 6.07) is 11.3. The minimum Gasteiger partial charge on any atom is -0.353 e. The Morgan fingerprint density at radius 3 is 2.59 bits per heavy atom. The molecule has 2 fully saturated rings. The zero-order valence-electron chi connectivity index (χ0n) is 21.0. The van der Waals surface area contributed by atoms with E-state index < -0.39 is 6.04 Å². The Morgan fingerprint density at radius 1 is 1.00 bits per heavy atom. The van der Waals surface area contributed by atoms with Gasteiger partial charge in [0.25, 0.3) is 5.91 Å². The molecule has 0 radical (unpaired) electrons. The molecule has 9 nitrogen and oxygen atoms in total. The van der Waals surface area contributed by atoms with Crippen LogP contribution in [-0.4, -0.2) is 70.6 Å². The van der Waals surface area contributed by atoms with Crippen molar-refractivity contribution in [3.8, 4) is 0 Å². The molecule has 37 heavy (non-hydrogen) atoms. The summed E-state index contributed by atoms with van der Waals surface area (Å²) in [4.78, 5) is 59.5. The van der Waals surface area contributed by atoms with Crippen LogP contribution in [0.25, 0.3) is 0 Å². The third-order valence-electron chi connectivity index (χ3n) is 7.55. The SMILES string of the molecule is O=C1CCC(N2Cc3ccc(CCCCCC(=O)N4CCN(c5ccccn5)CC4)cc3C2=O)C(=O)N1. The number of piperidine rings is 1. The number of nitrogens with one attached hydrogen (secondary N) is 1. The first-order chi connectivity index (χ1) is 18.0. The summed E-state index contributed by atoms with van der Waals surface area (Å²) in [5.41, 5.74) is 2.67. The van der Waals surface area contributed by atoms with Crippen molar-refractivity contribution in [1.29, 1.82) is 0 Å². The van der Waals surface area contributed by atoms with Gasteiger partial charge in [-0.05, 0) is 55.0 Å². The average molecular weight is 504 g/mol. The lowest BCUT2D eigenvalue weighted by atomic mass is 10.0. The summed E-state index contributed by atoms with van der Waals surface area (Å²) >= 11 is 0. The van der Waals surface area contributed by atoms with E-state index in [2.05, 4.69) is 15.2 Å². The van der Waals surface area contributed by atoms with Crippen LogP contribution >= 0.6 is 0 Å². The molecule has 1 atom stereocenters. The van der Waals surface area contributed by atoms with Crippen LogP contribution in [0, 0.1) is 0 Å². The number of aryl methyl sites for hydroxylation is 1. The highest BCUT2D eigenvalue weighted by atomic mass is 16.2. The van der Waals surface area contributed by atoms with Gasteiger partial charge in [0.2, 0.25) is 17.7 Å². The number of hydrogen-bond donors (Lipinski definition) is 1. The Bertz CT molecular complexity index is 1180. The molecule has 1 N–H and O–H groups in total. The lowest BCUT2D eigenvalue weighted by molar-refractivity contribution is -0.137. The second kappa shape index (κ2) is 11.1. The maximum Gasteiger partial charge on any atom is 0.255 e. The summed E-state index contributed by atoms with van der Waals surface area (Å²) in [6.45, 7) is 3.48. The van der Waals surface area contributed by atoms with E-state index in [9.17, 15) is 19.2 Å². The number of piperazine rings is 1. The number of fused-ring (bicyclic) bond motifs is 1. The summed E-state index contributed by atoms with van der Waals surface area (Å²) in [5.74, 6) is 0.379. The number of pyridine rings is 1. The highest BCUT2D eigenvalue weighted by Crippen LogP contribution is 2.28. The highest BCUT2D eigenvalue weighted by molar-refractivity contribution is 6.05. The first-order valence-corrected chi connectivity index (χ1v) is 13.2. The fourth-order valence-corrected chi connectivity index (χ4v) is 5.42. The molecule has 0 saturated carbocycles. The van der Waals surface area contributed by atoms with Crippen LogP contribution in [0.2, 0.25) is 0 Å². The maximum atomic E-state index is 13.0. The summed E-state index contributed by atoms with van der Waals surface area (Å²) in [7, 11) is 0. The molecular formula is C28H33N5O4. The first-order valence-electron chi connectivity index (χ1n) is 13.2. The Kier molecular flexibility index (Phi) is 7.48. The summed E-state index contributed by atoms with van der Waals surface area (Å²) < 4.78 is 0. The second-order valence-corrected chi connectivity index (χ2v) is 10.0. The maximum absolute atomic E-state index is 13.0. The predicted molar refractivity (Wildman–Crippen MR) is 138 cm³/mol. The molecule has 9 heteroatoms. The minimum atomic E-state index is -0.587. The van der Waals surface area contributed by atoms with E-state index in [-0.39, 0.29) is 30.0 Å². The number of carbonyl (C=O) groups excluding carboxylic acids is 4. The lowest BCUT2D eigenvalue weighted by Gasteiger charge is -2.35. The van der Waals surface area contributed by atoms with Gasteiger partial charge in [-0.15, -0.1) is 0 Å². The van der Waals surface area contributed by atoms with E-state index in [1.54, 1.807) is 11.1 Å². The van der Waals surface area contributed by atoms with Crippen molar-refractivity contribution in [2.45, 2.75) is 57.5 Å². The van der Waals surface area contributed by atoms with E-state index in [0.717, 1.165) is 68.8 Å². The van der Waals surface area contributed by atoms with Gasteiger partial charge in [0.15, 0.2) is 0 Å². The fourth-order valence-electron chi connectivity index (χ4n) is 5.42. The van der Waals surface area contributed by atoms with Crippen molar-refractivity contribution in [3.63, 3.8) is 0 Å². The number of benzene rings is 1. The minimum absolute atomic E-state index is 0.139. The number of carbonyl (C=O) groups is 4. The van der Waals surface area contributed by atoms with Crippen LogP contribution in [0.4, 0.5) is 5.82 Å². The van der Waals surface area contributed by atoms with Crippen molar-refractivity contribution in [3.05, 3.63) is 59.3 Å². The van der Waals surface area contributed by atoms with Gasteiger partial charge in [-0.3, -0.25) is 24.5 Å². The quantitative estimate of drug-likeness (QED) is 0.438. The van der Waals surface area contributed by atoms with Crippen LogP contribution in [0.1, 0.15) is 60.0 Å². The average Bonchev–Trinajstić information content (AvgIpc) is 3.24. The normalized spacial score (nSPS) is 19.7. The Labute approximate surface area is 216 Å². The number of imide groups is 1. The predicted octanol–water partition coefficient (Wildman–Crippen LogP) is 2.29. The Morgan fingerprint density at radius 2 is 1.84 bits per heavy atom. The summed E-state index contributed by atoms with van der Waals surface area (Å²) in [6.07, 6.45) is 6.58. The van der Waals surface area contributed by atoms with Gasteiger partial charge in [-0.2, -0.15) is 0 Å². The van der Waals surface area contributed by atoms with Gasteiger partial charge in [0.05, 0.1) is 0 Å². The van der Waals surface area contributed by atoms with Crippen LogP contribution in [0.15, 0.2) is 42.6 Å². The fraction of sp³-hybridized carbons (Fsp3) is 0.464. The molecular weight excluding hydrogens is 470 g/mol. The smallest absolute Gasteiger partial charge is 0.255 e. The van der Waals surface area contributed by atoms with Gasteiger partial charge in [-0.1, -0.05) is 24.6 Å². The Hall–Kier alpha value is -3.75. The zero-order valence-corrected chi connectivity index (χ0v) is 21.0. The third-order valence-corrected chi connectivity index (χ3v) is 7.55. The summed E-state index contributed by atoms with van der Waals surface area (Å²) in [5, 5.41) is 2.34. The first kappa shape index (κ1) is 24.9. The number of anilines is 1. The van der Waals surface area contributed by atoms with Gasteiger partial charge in [0, 0.05) is 57.3 Å². The van der Waals surface area contributed by atoms with Crippen LogP contribution < -0.4 is 10.2 Å². The number of unbranched alkanes of at least 4 members (excludes halogenated alkanes) is 2. The number of nitrogens with zero attached hydrogens (tertiary/aromatic N) is 4. The van der Waals surface area contributed by atoms with Crippen molar-refractivity contribution >= 4 is 29.4 Å². The van der Waals surface area contributed by atoms with E-state index in [4.69, 9.17) is 0 Å². The molecule has 5 rings (SSSR count). The monoisotopic (exact) mass is 503 g/mol. The van der Waals surface area contributed by atoms with Gasteiger partial charge < -0.3 is 14.7 Å². The van der Waals surface area contributed by atoms with E-state index >= 15 is 0 Å². The van der Waals surface area contributed by atoms with Crippen LogP contribution in [-0.2, 0) is 27.3 Å². The number of hydrogen-bond acceptors (Lipinski definition) is 6. The van der Waals surface area contributed by atoms with Gasteiger partial charge in [0.1, 0.15) is 11.9 Å². The molecule has 4 heterocycles. The van der Waals surface area contributed by atoms with E-state index in [0.29, 0.717) is 24.9 Å². The number of rotatable bonds is 8. The molecule has 0 bridgehead atoms. The number of aromatic nitrogens is 1. The van der Waals surface area contributed by atoms with E-state index in [1.165, 1.54) is 0 Å². The second-order valence-electron chi connectivity index (χ2n) is 10.0. The molecule has 194 valence electrons.